The predicted octanol–water partition coefficient (Wildman–Crippen LogP) is 3.87. The van der Waals surface area contributed by atoms with E-state index in [9.17, 15) is 19.2 Å². The van der Waals surface area contributed by atoms with Gasteiger partial charge in [-0.2, -0.15) is 0 Å². The lowest BCUT2D eigenvalue weighted by Gasteiger charge is -2.12. The molecule has 1 aliphatic rings. The number of benzene rings is 1. The van der Waals surface area contributed by atoms with Crippen molar-refractivity contribution in [1.82, 2.24) is 10.2 Å². The second-order valence-corrected chi connectivity index (χ2v) is 8.71. The molecule has 1 fully saturated rings. The van der Waals surface area contributed by atoms with Gasteiger partial charge in [-0.25, -0.2) is 0 Å². The van der Waals surface area contributed by atoms with E-state index in [2.05, 4.69) is 5.32 Å². The Morgan fingerprint density at radius 1 is 1.07 bits per heavy atom. The highest BCUT2D eigenvalue weighted by Crippen LogP contribution is 2.31. The largest absolute Gasteiger partial charge is 0.354 e. The summed E-state index contributed by atoms with van der Waals surface area (Å²) in [5.74, 6) is -0.699. The number of thiophene rings is 1. The first-order chi connectivity index (χ1) is 13.9. The van der Waals surface area contributed by atoms with E-state index in [1.54, 1.807) is 12.1 Å². The molecule has 6 nitrogen and oxygen atoms in total. The van der Waals surface area contributed by atoms with Crippen LogP contribution in [0.5, 0.6) is 0 Å². The number of aryl methyl sites for hydroxylation is 1. The van der Waals surface area contributed by atoms with Gasteiger partial charge in [-0.05, 0) is 42.5 Å². The van der Waals surface area contributed by atoms with Gasteiger partial charge < -0.3 is 5.32 Å². The summed E-state index contributed by atoms with van der Waals surface area (Å²) < 4.78 is 0. The molecule has 2 heterocycles. The average Bonchev–Trinajstić information content (AvgIpc) is 3.25. The molecule has 1 aliphatic heterocycles. The van der Waals surface area contributed by atoms with Gasteiger partial charge >= 0.3 is 0 Å². The van der Waals surface area contributed by atoms with E-state index in [-0.39, 0.29) is 48.8 Å². The number of amides is 3. The van der Waals surface area contributed by atoms with E-state index in [0.717, 1.165) is 27.1 Å². The van der Waals surface area contributed by atoms with Crippen LogP contribution in [0.4, 0.5) is 4.79 Å². The number of imide groups is 1. The molecule has 1 aromatic carbocycles. The van der Waals surface area contributed by atoms with Gasteiger partial charge in [-0.1, -0.05) is 30.3 Å². The fraction of sp³-hybridized carbons (Fsp3) is 0.238. The maximum Gasteiger partial charge on any atom is 0.293 e. The van der Waals surface area contributed by atoms with Crippen molar-refractivity contribution in [2.45, 2.75) is 19.8 Å². The number of carbonyl (C=O) groups is 4. The number of rotatable bonds is 8. The van der Waals surface area contributed by atoms with Gasteiger partial charge in [0.1, 0.15) is 0 Å². The summed E-state index contributed by atoms with van der Waals surface area (Å²) in [6.07, 6.45) is 1.89. The minimum atomic E-state index is -0.360. The highest BCUT2D eigenvalue weighted by Gasteiger charge is 2.34. The smallest absolute Gasteiger partial charge is 0.293 e. The van der Waals surface area contributed by atoms with Crippen LogP contribution in [-0.2, 0) is 9.59 Å². The monoisotopic (exact) mass is 428 g/mol. The van der Waals surface area contributed by atoms with Crippen molar-refractivity contribution in [3.8, 4) is 0 Å². The first-order valence-electron chi connectivity index (χ1n) is 9.11. The van der Waals surface area contributed by atoms with Gasteiger partial charge in [0.15, 0.2) is 5.78 Å². The van der Waals surface area contributed by atoms with Crippen molar-refractivity contribution in [1.29, 1.82) is 0 Å². The molecule has 1 saturated heterocycles. The fourth-order valence-corrected chi connectivity index (χ4v) is 4.42. The number of Topliss-reactive ketones (excluding diaryl/α,β-unsaturated/α-hetero) is 1. The molecule has 0 saturated carbocycles. The third-order valence-electron chi connectivity index (χ3n) is 4.22. The maximum absolute atomic E-state index is 12.4. The molecule has 0 aliphatic carbocycles. The molecular weight excluding hydrogens is 408 g/mol. The van der Waals surface area contributed by atoms with Crippen molar-refractivity contribution in [3.63, 3.8) is 0 Å². The fourth-order valence-electron chi connectivity index (χ4n) is 2.72. The Hall–Kier alpha value is -2.71. The van der Waals surface area contributed by atoms with E-state index < -0.39 is 0 Å². The summed E-state index contributed by atoms with van der Waals surface area (Å²) in [5, 5.41) is 2.31. The Balaban J connectivity index is 1.44. The molecule has 1 N–H and O–H groups in total. The quantitative estimate of drug-likeness (QED) is 0.510. The summed E-state index contributed by atoms with van der Waals surface area (Å²) in [4.78, 5) is 51.7. The van der Waals surface area contributed by atoms with Crippen molar-refractivity contribution in [2.75, 3.05) is 13.1 Å². The van der Waals surface area contributed by atoms with Crippen molar-refractivity contribution in [3.05, 3.63) is 62.7 Å². The Bertz CT molecular complexity index is 966. The number of nitrogens with one attached hydrogen (secondary N) is 1. The van der Waals surface area contributed by atoms with Crippen LogP contribution in [0, 0.1) is 6.92 Å². The average molecular weight is 429 g/mol. The molecule has 0 radical (unpaired) electrons. The highest BCUT2D eigenvalue weighted by atomic mass is 32.2. The molecule has 150 valence electrons. The Labute approximate surface area is 177 Å². The lowest BCUT2D eigenvalue weighted by atomic mass is 10.2. The number of carbonyl (C=O) groups excluding carboxylic acids is 4. The lowest BCUT2D eigenvalue weighted by Crippen LogP contribution is -2.37. The first-order valence-corrected chi connectivity index (χ1v) is 10.7. The second kappa shape index (κ2) is 9.67. The van der Waals surface area contributed by atoms with Gasteiger partial charge in [-0.15, -0.1) is 11.3 Å². The van der Waals surface area contributed by atoms with Crippen molar-refractivity contribution in [2.24, 2.45) is 0 Å². The van der Waals surface area contributed by atoms with Crippen LogP contribution < -0.4 is 5.32 Å². The van der Waals surface area contributed by atoms with Crippen LogP contribution in [0.2, 0.25) is 0 Å². The molecule has 3 rings (SSSR count). The third-order valence-corrected chi connectivity index (χ3v) is 6.17. The Kier molecular flexibility index (Phi) is 7.00. The first kappa shape index (κ1) is 21.0. The number of hydrogen-bond acceptors (Lipinski definition) is 6. The minimum Gasteiger partial charge on any atom is -0.354 e. The van der Waals surface area contributed by atoms with Crippen molar-refractivity contribution < 1.29 is 19.2 Å². The zero-order chi connectivity index (χ0) is 20.8. The molecule has 29 heavy (non-hydrogen) atoms. The summed E-state index contributed by atoms with van der Waals surface area (Å²) in [6.45, 7) is 2.18. The molecule has 0 spiro atoms. The van der Waals surface area contributed by atoms with Gasteiger partial charge in [0.2, 0.25) is 5.91 Å². The zero-order valence-corrected chi connectivity index (χ0v) is 17.5. The van der Waals surface area contributed by atoms with Crippen LogP contribution in [-0.4, -0.2) is 40.8 Å². The van der Waals surface area contributed by atoms with E-state index in [1.807, 2.05) is 43.3 Å². The lowest BCUT2D eigenvalue weighted by molar-refractivity contribution is -0.124. The molecule has 0 atom stereocenters. The summed E-state index contributed by atoms with van der Waals surface area (Å²) >= 11 is 2.30. The summed E-state index contributed by atoms with van der Waals surface area (Å²) in [7, 11) is 0. The van der Waals surface area contributed by atoms with Gasteiger partial charge in [0.05, 0.1) is 9.78 Å². The predicted molar refractivity (Wildman–Crippen MR) is 115 cm³/mol. The Morgan fingerprint density at radius 3 is 2.52 bits per heavy atom. The van der Waals surface area contributed by atoms with Crippen LogP contribution >= 0.6 is 23.1 Å². The van der Waals surface area contributed by atoms with Crippen molar-refractivity contribution >= 4 is 52.0 Å². The Morgan fingerprint density at radius 2 is 1.83 bits per heavy atom. The highest BCUT2D eigenvalue weighted by molar-refractivity contribution is 8.18. The normalized spacial score (nSPS) is 15.2. The number of hydrogen-bond donors (Lipinski definition) is 1. The van der Waals surface area contributed by atoms with Crippen LogP contribution in [0.15, 0.2) is 47.4 Å². The number of thioether (sulfide) groups is 1. The third kappa shape index (κ3) is 5.65. The van der Waals surface area contributed by atoms with E-state index in [0.29, 0.717) is 9.78 Å². The molecule has 8 heteroatoms. The van der Waals surface area contributed by atoms with Crippen LogP contribution in [0.1, 0.15) is 33.0 Å². The van der Waals surface area contributed by atoms with E-state index in [1.165, 1.54) is 11.3 Å². The van der Waals surface area contributed by atoms with Gasteiger partial charge in [0.25, 0.3) is 11.1 Å². The molecule has 0 unspecified atom stereocenters. The SMILES string of the molecule is Cc1ccc(C(=O)CCC(=O)NCCN2C(=O)S/C(=C\c3ccccc3)C2=O)s1. The van der Waals surface area contributed by atoms with Gasteiger partial charge in [0, 0.05) is 30.8 Å². The molecule has 2 aromatic rings. The summed E-state index contributed by atoms with van der Waals surface area (Å²) in [5.41, 5.74) is 0.844. The van der Waals surface area contributed by atoms with Crippen LogP contribution in [0.3, 0.4) is 0 Å². The minimum absolute atomic E-state index is 0.0600. The van der Waals surface area contributed by atoms with Gasteiger partial charge in [-0.3, -0.25) is 24.1 Å². The van der Waals surface area contributed by atoms with Crippen LogP contribution in [0.25, 0.3) is 6.08 Å². The zero-order valence-electron chi connectivity index (χ0n) is 15.8. The molecule has 1 aromatic heterocycles. The number of nitrogens with zero attached hydrogens (tertiary/aromatic N) is 1. The van der Waals surface area contributed by atoms with E-state index in [4.69, 9.17) is 0 Å². The maximum atomic E-state index is 12.4. The topological polar surface area (TPSA) is 83.6 Å². The molecule has 0 bridgehead atoms. The second-order valence-electron chi connectivity index (χ2n) is 6.43. The number of ketones is 1. The summed E-state index contributed by atoms with van der Waals surface area (Å²) in [6, 6.07) is 12.9. The van der Waals surface area contributed by atoms with E-state index >= 15 is 0 Å². The molecule has 3 amide bonds. The molecular formula is C21H20N2O4S2. The standard InChI is InChI=1S/C21H20N2O4S2/c1-14-7-9-17(28-14)16(24)8-10-19(25)22-11-12-23-20(26)18(29-21(23)27)13-15-5-3-2-4-6-15/h2-7,9,13H,8,10-12H2,1H3,(H,22,25)/b18-13-.